The lowest BCUT2D eigenvalue weighted by Gasteiger charge is -2.17. The van der Waals surface area contributed by atoms with Gasteiger partial charge in [0.2, 0.25) is 10.0 Å². The fourth-order valence-corrected chi connectivity index (χ4v) is 2.93. The monoisotopic (exact) mass is 290 g/mol. The Hall–Kier alpha value is -0.780. The molecule has 0 saturated heterocycles. The highest BCUT2D eigenvalue weighted by atomic mass is 35.5. The lowest BCUT2D eigenvalue weighted by atomic mass is 10.2. The van der Waals surface area contributed by atoms with Crippen molar-refractivity contribution in [1.29, 1.82) is 0 Å². The maximum atomic E-state index is 12.2. The number of nitrogens with two attached hydrogens (primary N) is 1. The van der Waals surface area contributed by atoms with E-state index < -0.39 is 10.0 Å². The predicted molar refractivity (Wildman–Crippen MR) is 75.2 cm³/mol. The van der Waals surface area contributed by atoms with Crippen LogP contribution in [0, 0.1) is 0 Å². The van der Waals surface area contributed by atoms with E-state index in [4.69, 9.17) is 17.3 Å². The SMILES string of the molecule is CCCCCN(C)S(=O)(=O)c1ccc(Cl)c(N)c1. The molecule has 0 unspecified atom stereocenters. The first-order valence-corrected chi connectivity index (χ1v) is 7.72. The molecule has 102 valence electrons. The van der Waals surface area contributed by atoms with E-state index in [1.165, 1.54) is 22.5 Å². The van der Waals surface area contributed by atoms with Crippen molar-refractivity contribution in [1.82, 2.24) is 4.31 Å². The molecule has 0 aromatic heterocycles. The summed E-state index contributed by atoms with van der Waals surface area (Å²) in [6.07, 6.45) is 2.93. The molecule has 6 heteroatoms. The van der Waals surface area contributed by atoms with E-state index in [9.17, 15) is 8.42 Å². The highest BCUT2D eigenvalue weighted by Gasteiger charge is 2.20. The highest BCUT2D eigenvalue weighted by molar-refractivity contribution is 7.89. The van der Waals surface area contributed by atoms with E-state index in [1.807, 2.05) is 0 Å². The number of hydrogen-bond donors (Lipinski definition) is 1. The molecular formula is C12H19ClN2O2S. The van der Waals surface area contributed by atoms with Crippen LogP contribution in [0.4, 0.5) is 5.69 Å². The van der Waals surface area contributed by atoms with Crippen LogP contribution in [0.1, 0.15) is 26.2 Å². The maximum Gasteiger partial charge on any atom is 0.242 e. The fourth-order valence-electron chi connectivity index (χ4n) is 1.57. The summed E-state index contributed by atoms with van der Waals surface area (Å²) < 4.78 is 25.8. The van der Waals surface area contributed by atoms with Crippen LogP contribution >= 0.6 is 11.6 Å². The van der Waals surface area contributed by atoms with E-state index in [0.29, 0.717) is 11.6 Å². The average Bonchev–Trinajstić information content (AvgIpc) is 2.32. The van der Waals surface area contributed by atoms with Gasteiger partial charge in [0.1, 0.15) is 0 Å². The van der Waals surface area contributed by atoms with E-state index in [0.717, 1.165) is 19.3 Å². The van der Waals surface area contributed by atoms with Crippen LogP contribution in [0.25, 0.3) is 0 Å². The van der Waals surface area contributed by atoms with Crippen LogP contribution < -0.4 is 5.73 Å². The topological polar surface area (TPSA) is 63.4 Å². The zero-order valence-electron chi connectivity index (χ0n) is 10.7. The van der Waals surface area contributed by atoms with Gasteiger partial charge in [0.25, 0.3) is 0 Å². The lowest BCUT2D eigenvalue weighted by molar-refractivity contribution is 0.454. The van der Waals surface area contributed by atoms with Crippen molar-refractivity contribution in [3.8, 4) is 0 Å². The number of benzene rings is 1. The number of rotatable bonds is 6. The maximum absolute atomic E-state index is 12.2. The molecule has 0 aliphatic carbocycles. The van der Waals surface area contributed by atoms with Gasteiger partial charge < -0.3 is 5.73 Å². The normalized spacial score (nSPS) is 12.0. The Kier molecular flexibility index (Phi) is 5.44. The van der Waals surface area contributed by atoms with Gasteiger partial charge in [-0.15, -0.1) is 0 Å². The second-order valence-corrected chi connectivity index (χ2v) is 6.67. The molecule has 0 heterocycles. The predicted octanol–water partition coefficient (Wildman–Crippen LogP) is 2.73. The van der Waals surface area contributed by atoms with E-state index in [-0.39, 0.29) is 10.6 Å². The van der Waals surface area contributed by atoms with Gasteiger partial charge in [-0.25, -0.2) is 12.7 Å². The fraction of sp³-hybridized carbons (Fsp3) is 0.500. The van der Waals surface area contributed by atoms with Crippen molar-refractivity contribution in [2.24, 2.45) is 0 Å². The summed E-state index contributed by atoms with van der Waals surface area (Å²) in [6, 6.07) is 4.38. The molecule has 0 fully saturated rings. The lowest BCUT2D eigenvalue weighted by Crippen LogP contribution is -2.28. The first-order valence-electron chi connectivity index (χ1n) is 5.91. The summed E-state index contributed by atoms with van der Waals surface area (Å²) >= 11 is 5.78. The largest absolute Gasteiger partial charge is 0.397 e. The average molecular weight is 291 g/mol. The Morgan fingerprint density at radius 1 is 1.33 bits per heavy atom. The third-order valence-corrected chi connectivity index (χ3v) is 4.95. The molecule has 18 heavy (non-hydrogen) atoms. The van der Waals surface area contributed by atoms with Crippen LogP contribution in [-0.2, 0) is 10.0 Å². The van der Waals surface area contributed by atoms with Crippen LogP contribution in [0.15, 0.2) is 23.1 Å². The van der Waals surface area contributed by atoms with Gasteiger partial charge in [-0.05, 0) is 24.6 Å². The minimum Gasteiger partial charge on any atom is -0.397 e. The second kappa shape index (κ2) is 6.41. The molecule has 0 atom stereocenters. The molecule has 1 aromatic rings. The zero-order valence-corrected chi connectivity index (χ0v) is 12.3. The number of unbranched alkanes of at least 4 members (excludes halogenated alkanes) is 2. The molecule has 0 bridgehead atoms. The van der Waals surface area contributed by atoms with Crippen LogP contribution in [-0.4, -0.2) is 26.3 Å². The number of anilines is 1. The smallest absolute Gasteiger partial charge is 0.242 e. The van der Waals surface area contributed by atoms with Gasteiger partial charge in [0.05, 0.1) is 15.6 Å². The van der Waals surface area contributed by atoms with Crippen molar-refractivity contribution in [2.75, 3.05) is 19.3 Å². The molecule has 0 spiro atoms. The molecule has 2 N–H and O–H groups in total. The number of hydrogen-bond acceptors (Lipinski definition) is 3. The van der Waals surface area contributed by atoms with Crippen molar-refractivity contribution >= 4 is 27.3 Å². The molecule has 4 nitrogen and oxygen atoms in total. The summed E-state index contributed by atoms with van der Waals surface area (Å²) in [6.45, 7) is 2.59. The van der Waals surface area contributed by atoms with Crippen molar-refractivity contribution in [3.63, 3.8) is 0 Å². The molecular weight excluding hydrogens is 272 g/mol. The standard InChI is InChI=1S/C12H19ClN2O2S/c1-3-4-5-8-15(2)18(16,17)10-6-7-11(13)12(14)9-10/h6-7,9H,3-5,8,14H2,1-2H3. The Labute approximate surface area is 114 Å². The van der Waals surface area contributed by atoms with Gasteiger partial charge >= 0.3 is 0 Å². The van der Waals surface area contributed by atoms with Crippen molar-refractivity contribution in [2.45, 2.75) is 31.1 Å². The minimum absolute atomic E-state index is 0.184. The molecule has 1 rings (SSSR count). The minimum atomic E-state index is -3.46. The molecule has 1 aromatic carbocycles. The third kappa shape index (κ3) is 3.60. The molecule has 0 amide bonds. The number of halogens is 1. The molecule has 0 aliphatic heterocycles. The summed E-state index contributed by atoms with van der Waals surface area (Å²) in [4.78, 5) is 0.184. The quantitative estimate of drug-likeness (QED) is 0.647. The summed E-state index contributed by atoms with van der Waals surface area (Å²) in [5, 5.41) is 0.364. The van der Waals surface area contributed by atoms with Gasteiger partial charge in [-0.3, -0.25) is 0 Å². The Balaban J connectivity index is 2.88. The molecule has 0 saturated carbocycles. The number of nitrogen functional groups attached to an aromatic ring is 1. The summed E-state index contributed by atoms with van der Waals surface area (Å²) in [5.41, 5.74) is 5.90. The van der Waals surface area contributed by atoms with Gasteiger partial charge in [0.15, 0.2) is 0 Å². The first-order chi connectivity index (χ1) is 8.39. The Bertz CT molecular complexity index is 503. The van der Waals surface area contributed by atoms with Gasteiger partial charge in [0, 0.05) is 13.6 Å². The van der Waals surface area contributed by atoms with Gasteiger partial charge in [-0.1, -0.05) is 31.4 Å². The van der Waals surface area contributed by atoms with Crippen LogP contribution in [0.2, 0.25) is 5.02 Å². The van der Waals surface area contributed by atoms with Crippen molar-refractivity contribution < 1.29 is 8.42 Å². The molecule has 0 aliphatic rings. The molecule has 0 radical (unpaired) electrons. The van der Waals surface area contributed by atoms with E-state index in [1.54, 1.807) is 7.05 Å². The highest BCUT2D eigenvalue weighted by Crippen LogP contribution is 2.24. The van der Waals surface area contributed by atoms with Crippen LogP contribution in [0.3, 0.4) is 0 Å². The van der Waals surface area contributed by atoms with E-state index >= 15 is 0 Å². The van der Waals surface area contributed by atoms with Crippen LogP contribution in [0.5, 0.6) is 0 Å². The number of sulfonamides is 1. The van der Waals surface area contributed by atoms with Gasteiger partial charge in [-0.2, -0.15) is 0 Å². The first kappa shape index (κ1) is 15.3. The third-order valence-electron chi connectivity index (χ3n) is 2.75. The summed E-state index contributed by atoms with van der Waals surface area (Å²) in [5.74, 6) is 0. The number of nitrogens with zero attached hydrogens (tertiary/aromatic N) is 1. The zero-order chi connectivity index (χ0) is 13.8. The van der Waals surface area contributed by atoms with Crippen molar-refractivity contribution in [3.05, 3.63) is 23.2 Å². The second-order valence-electron chi connectivity index (χ2n) is 4.22. The Morgan fingerprint density at radius 3 is 2.56 bits per heavy atom. The van der Waals surface area contributed by atoms with E-state index in [2.05, 4.69) is 6.92 Å². The summed E-state index contributed by atoms with van der Waals surface area (Å²) in [7, 11) is -1.88. The Morgan fingerprint density at radius 2 is 2.00 bits per heavy atom.